The zero-order valence-corrected chi connectivity index (χ0v) is 58.4. The van der Waals surface area contributed by atoms with Gasteiger partial charge >= 0.3 is 0 Å². The highest BCUT2D eigenvalue weighted by atomic mass is 14.3. The summed E-state index contributed by atoms with van der Waals surface area (Å²) in [5, 5.41) is 0. The summed E-state index contributed by atoms with van der Waals surface area (Å²) in [7, 11) is 0. The van der Waals surface area contributed by atoms with E-state index >= 15 is 0 Å². The van der Waals surface area contributed by atoms with Gasteiger partial charge in [-0.3, -0.25) is 0 Å². The largest absolute Gasteiger partial charge is 0.0906 e. The maximum absolute atomic E-state index is 4.40. The normalized spacial score (nSPS) is 12.6. The third-order valence-corrected chi connectivity index (χ3v) is 17.2. The van der Waals surface area contributed by atoms with Gasteiger partial charge in [0.25, 0.3) is 0 Å². The first kappa shape index (κ1) is 68.9. The molecule has 0 heteroatoms. The van der Waals surface area contributed by atoms with Crippen molar-refractivity contribution in [2.45, 2.75) is 160 Å². The Morgan fingerprint density at radius 3 is 0.700 bits per heavy atom. The van der Waals surface area contributed by atoms with Crippen molar-refractivity contribution in [3.63, 3.8) is 0 Å². The van der Waals surface area contributed by atoms with E-state index in [2.05, 4.69) is 382 Å². The van der Waals surface area contributed by atoms with Crippen molar-refractivity contribution in [2.24, 2.45) is 0 Å². The van der Waals surface area contributed by atoms with E-state index in [0.717, 1.165) is 33.4 Å². The fourth-order valence-electron chi connectivity index (χ4n) is 11.2. The molecule has 90 heavy (non-hydrogen) atoms. The minimum atomic E-state index is 0.0475. The Balaban J connectivity index is 0.000000192. The number of hydrogen-bond donors (Lipinski definition) is 0. The van der Waals surface area contributed by atoms with E-state index in [9.17, 15) is 0 Å². The maximum atomic E-state index is 4.40. The van der Waals surface area contributed by atoms with Crippen molar-refractivity contribution in [3.8, 4) is 0 Å². The summed E-state index contributed by atoms with van der Waals surface area (Å²) in [6, 6.07) is 75.6. The molecule has 0 aliphatic heterocycles. The van der Waals surface area contributed by atoms with Crippen molar-refractivity contribution in [1.82, 2.24) is 0 Å². The Labute approximate surface area is 545 Å². The van der Waals surface area contributed by atoms with Gasteiger partial charge in [-0.15, -0.1) is 0 Å². The van der Waals surface area contributed by atoms with Crippen LogP contribution in [0.3, 0.4) is 0 Å². The molecule has 0 unspecified atom stereocenters. The number of hydrogen-bond acceptors (Lipinski definition) is 0. The lowest BCUT2D eigenvalue weighted by Gasteiger charge is -2.23. The molecule has 0 nitrogen and oxygen atoms in total. The zero-order valence-electron chi connectivity index (χ0n) is 58.4. The smallest absolute Gasteiger partial charge is 0.0131 e. The molecule has 0 radical (unpaired) electrons. The van der Waals surface area contributed by atoms with Crippen LogP contribution in [0.5, 0.6) is 0 Å². The lowest BCUT2D eigenvalue weighted by atomic mass is 9.81. The van der Waals surface area contributed by atoms with Crippen LogP contribution in [0.1, 0.15) is 222 Å². The molecule has 462 valence electrons. The molecule has 0 amide bonds. The van der Waals surface area contributed by atoms with Crippen LogP contribution in [0.4, 0.5) is 0 Å². The van der Waals surface area contributed by atoms with Crippen LogP contribution in [0.2, 0.25) is 0 Å². The minimum absolute atomic E-state index is 0.0475. The van der Waals surface area contributed by atoms with Gasteiger partial charge in [-0.25, -0.2) is 0 Å². The van der Waals surface area contributed by atoms with Gasteiger partial charge in [0.05, 0.1) is 0 Å². The van der Waals surface area contributed by atoms with Gasteiger partial charge in [-0.05, 0) is 218 Å². The van der Waals surface area contributed by atoms with E-state index in [4.69, 9.17) is 0 Å². The molecule has 9 aromatic carbocycles. The van der Waals surface area contributed by atoms with E-state index in [1.54, 1.807) is 0 Å². The van der Waals surface area contributed by atoms with Crippen molar-refractivity contribution >= 4 is 33.4 Å². The van der Waals surface area contributed by atoms with E-state index < -0.39 is 0 Å². The van der Waals surface area contributed by atoms with Crippen LogP contribution in [0, 0.1) is 27.7 Å². The van der Waals surface area contributed by atoms with E-state index in [0.29, 0.717) is 0 Å². The third-order valence-electron chi connectivity index (χ3n) is 17.2. The molecule has 0 N–H and O–H groups in total. The van der Waals surface area contributed by atoms with Crippen LogP contribution < -0.4 is 0 Å². The Kier molecular flexibility index (Phi) is 22.5. The first-order valence-corrected chi connectivity index (χ1v) is 32.4. The predicted molar refractivity (Wildman–Crippen MR) is 399 cm³/mol. The van der Waals surface area contributed by atoms with E-state index in [-0.39, 0.29) is 21.7 Å². The highest BCUT2D eigenvalue weighted by molar-refractivity contribution is 5.88. The zero-order chi connectivity index (χ0) is 65.9. The van der Waals surface area contributed by atoms with Gasteiger partial charge in [-0.2, -0.15) is 0 Å². The Morgan fingerprint density at radius 1 is 0.233 bits per heavy atom. The van der Waals surface area contributed by atoms with Crippen molar-refractivity contribution < 1.29 is 0 Å². The molecule has 0 fully saturated rings. The predicted octanol–water partition coefficient (Wildman–Crippen LogP) is 25.4. The molecule has 0 bridgehead atoms. The average molecular weight is 1180 g/mol. The van der Waals surface area contributed by atoms with Gasteiger partial charge in [0, 0.05) is 0 Å². The Morgan fingerprint density at radius 2 is 0.444 bits per heavy atom. The molecular formula is C90H102. The van der Waals surface area contributed by atoms with Crippen LogP contribution >= 0.6 is 0 Å². The van der Waals surface area contributed by atoms with Gasteiger partial charge in [0.1, 0.15) is 0 Å². The number of benzene rings is 9. The standard InChI is InChI=1S/C32H38.C30H34.C28H30/c1-9-29(23-14-18-27(19-15-23)31(3,4)5)25-12-11-13-26(22-25)30(10-2)24-16-20-28(21-17-24)32(6,7)8;1-8-28(23-14-10-21(3)11-15-23)25-18-26(20-27(19-25)30(5,6)7)29(9-2)24-16-12-22(4)13-17-24;1-19-8-12-23(13-9-19)21(3)25-16-26(18-27(17-25)28(5,6)7)22(4)24-14-10-20(2)11-15-24/h9-22H,1-8H3;8-20H,1-7H3;8-18H,3-4H2,1-2,5-7H3/b29-9-,30-10+;28-8-,29-9+;. The summed E-state index contributed by atoms with van der Waals surface area (Å²) in [6.45, 7) is 53.0. The molecule has 0 heterocycles. The summed E-state index contributed by atoms with van der Waals surface area (Å²) in [5.41, 5.74) is 32.8. The Hall–Kier alpha value is -8.58. The topological polar surface area (TPSA) is 0 Å². The quantitative estimate of drug-likeness (QED) is 0.114. The highest BCUT2D eigenvalue weighted by Gasteiger charge is 2.22. The first-order chi connectivity index (χ1) is 42.4. The maximum Gasteiger partial charge on any atom is -0.0131 e. The monoisotopic (exact) mass is 1180 g/mol. The Bertz CT molecular complexity index is 3790. The second-order valence-electron chi connectivity index (χ2n) is 28.6. The molecule has 0 aliphatic rings. The molecule has 0 atom stereocenters. The fraction of sp³-hybridized carbons (Fsp3) is 0.267. The summed E-state index contributed by atoms with van der Waals surface area (Å²) in [4.78, 5) is 0. The fourth-order valence-corrected chi connectivity index (χ4v) is 11.2. The lowest BCUT2D eigenvalue weighted by molar-refractivity contribution is 0.589. The minimum Gasteiger partial charge on any atom is -0.0906 e. The van der Waals surface area contributed by atoms with Gasteiger partial charge < -0.3 is 0 Å². The van der Waals surface area contributed by atoms with E-state index in [1.165, 1.54) is 111 Å². The number of rotatable bonds is 12. The van der Waals surface area contributed by atoms with Crippen LogP contribution in [0.25, 0.3) is 33.4 Å². The van der Waals surface area contributed by atoms with Gasteiger partial charge in [-0.1, -0.05) is 331 Å². The lowest BCUT2D eigenvalue weighted by Crippen LogP contribution is -2.12. The molecule has 0 aliphatic carbocycles. The van der Waals surface area contributed by atoms with Crippen molar-refractivity contribution in [1.29, 1.82) is 0 Å². The van der Waals surface area contributed by atoms with Crippen LogP contribution in [-0.4, -0.2) is 0 Å². The summed E-state index contributed by atoms with van der Waals surface area (Å²) < 4.78 is 0. The van der Waals surface area contributed by atoms with Crippen LogP contribution in [-0.2, 0) is 21.7 Å². The molecule has 9 aromatic rings. The highest BCUT2D eigenvalue weighted by Crippen LogP contribution is 2.38. The number of allylic oxidation sites excluding steroid dienone is 4. The van der Waals surface area contributed by atoms with Crippen molar-refractivity contribution in [3.05, 3.63) is 355 Å². The summed E-state index contributed by atoms with van der Waals surface area (Å²) >= 11 is 0. The van der Waals surface area contributed by atoms with Crippen LogP contribution in [0.15, 0.2) is 244 Å². The third kappa shape index (κ3) is 17.8. The molecular weight excluding hydrogens is 1080 g/mol. The molecule has 0 saturated heterocycles. The average Bonchev–Trinajstić information content (AvgIpc) is 0.937. The second-order valence-corrected chi connectivity index (χ2v) is 28.6. The summed E-state index contributed by atoms with van der Waals surface area (Å²) in [5.74, 6) is 0. The second kappa shape index (κ2) is 29.4. The van der Waals surface area contributed by atoms with E-state index in [1.807, 2.05) is 0 Å². The SMILES string of the molecule is C/C=C(/c1ccc(C(C)(C)C)cc1)c1cccc(/C(=C/C)c2ccc(C(C)(C)C)cc2)c1.C/C=C(/c1ccc(C)cc1)c1cc(/C(=C/C)c2ccc(C)cc2)cc(C(C)(C)C)c1.C=C(c1ccc(C)cc1)c1cc(C(=C)c2ccc(C)cc2)cc(C(C)(C)C)c1. The number of aryl methyl sites for hydroxylation is 4. The molecule has 0 aromatic heterocycles. The summed E-state index contributed by atoms with van der Waals surface area (Å²) in [6.07, 6.45) is 8.91. The molecule has 9 rings (SSSR count). The van der Waals surface area contributed by atoms with Gasteiger partial charge in [0.2, 0.25) is 0 Å². The molecule has 0 saturated carbocycles. The molecule has 0 spiro atoms. The van der Waals surface area contributed by atoms with Gasteiger partial charge in [0.15, 0.2) is 0 Å². The first-order valence-electron chi connectivity index (χ1n) is 32.4. The van der Waals surface area contributed by atoms with Crippen molar-refractivity contribution in [2.75, 3.05) is 0 Å².